The number of hydrogen-bond donors (Lipinski definition) is 1. The lowest BCUT2D eigenvalue weighted by atomic mass is 10.2. The molecule has 0 radical (unpaired) electrons. The fourth-order valence-corrected chi connectivity index (χ4v) is 2.82. The summed E-state index contributed by atoms with van der Waals surface area (Å²) < 4.78 is 15.1. The van der Waals surface area contributed by atoms with E-state index in [0.717, 1.165) is 30.5 Å². The molecule has 6 heteroatoms. The summed E-state index contributed by atoms with van der Waals surface area (Å²) in [7, 11) is 0. The van der Waals surface area contributed by atoms with Crippen molar-refractivity contribution in [1.29, 1.82) is 0 Å². The van der Waals surface area contributed by atoms with Crippen LogP contribution in [0.25, 0.3) is 5.69 Å². The number of nitrogens with zero attached hydrogens (tertiary/aromatic N) is 2. The van der Waals surface area contributed by atoms with Gasteiger partial charge < -0.3 is 5.73 Å². The Kier molecular flexibility index (Phi) is 2.72. The van der Waals surface area contributed by atoms with Gasteiger partial charge in [0.05, 0.1) is 15.7 Å². The van der Waals surface area contributed by atoms with E-state index in [1.165, 1.54) is 12.1 Å². The van der Waals surface area contributed by atoms with Gasteiger partial charge in [0, 0.05) is 11.3 Å². The lowest BCUT2D eigenvalue weighted by molar-refractivity contribution is 0.627. The standard InChI is InChI=1S/C12H10Cl2FN3/c13-8-4-6(5-9(14)11(8)15)18-10-3-1-2-7(10)12(16)17-18/h4-5H,1-3H2,(H2,16,17). The van der Waals surface area contributed by atoms with Gasteiger partial charge >= 0.3 is 0 Å². The molecule has 94 valence electrons. The van der Waals surface area contributed by atoms with Crippen molar-refractivity contribution in [3.8, 4) is 5.69 Å². The first-order chi connectivity index (χ1) is 8.58. The molecule has 2 aromatic rings. The Hall–Kier alpha value is -1.26. The van der Waals surface area contributed by atoms with Crippen LogP contribution in [-0.2, 0) is 12.8 Å². The number of hydrogen-bond acceptors (Lipinski definition) is 2. The lowest BCUT2D eigenvalue weighted by Gasteiger charge is -2.07. The molecule has 0 unspecified atom stereocenters. The minimum Gasteiger partial charge on any atom is -0.382 e. The number of nitrogens with two attached hydrogens (primary N) is 1. The molecule has 1 aromatic carbocycles. The van der Waals surface area contributed by atoms with Crippen molar-refractivity contribution in [2.45, 2.75) is 19.3 Å². The number of halogens is 3. The Bertz CT molecular complexity index is 613. The first kappa shape index (κ1) is 11.8. The largest absolute Gasteiger partial charge is 0.382 e. The van der Waals surface area contributed by atoms with E-state index in [9.17, 15) is 4.39 Å². The van der Waals surface area contributed by atoms with Gasteiger partial charge in [-0.2, -0.15) is 5.10 Å². The van der Waals surface area contributed by atoms with Gasteiger partial charge in [0.2, 0.25) is 0 Å². The summed E-state index contributed by atoms with van der Waals surface area (Å²) in [6.07, 6.45) is 2.90. The van der Waals surface area contributed by atoms with Gasteiger partial charge in [-0.15, -0.1) is 0 Å². The molecule has 3 nitrogen and oxygen atoms in total. The normalized spacial score (nSPS) is 13.9. The fraction of sp³-hybridized carbons (Fsp3) is 0.250. The first-order valence-corrected chi connectivity index (χ1v) is 6.34. The molecule has 1 heterocycles. The third kappa shape index (κ3) is 1.68. The second kappa shape index (κ2) is 4.14. The molecular weight excluding hydrogens is 276 g/mol. The van der Waals surface area contributed by atoms with E-state index in [-0.39, 0.29) is 10.0 Å². The lowest BCUT2D eigenvalue weighted by Crippen LogP contribution is -2.02. The van der Waals surface area contributed by atoms with Crippen LogP contribution in [0.2, 0.25) is 10.0 Å². The van der Waals surface area contributed by atoms with Crippen molar-refractivity contribution < 1.29 is 4.39 Å². The predicted molar refractivity (Wildman–Crippen MR) is 70.0 cm³/mol. The molecule has 2 N–H and O–H groups in total. The summed E-state index contributed by atoms with van der Waals surface area (Å²) in [5, 5.41) is 4.24. The molecule has 1 aliphatic carbocycles. The summed E-state index contributed by atoms with van der Waals surface area (Å²) >= 11 is 11.6. The zero-order chi connectivity index (χ0) is 12.9. The van der Waals surface area contributed by atoms with Gasteiger partial charge in [-0.3, -0.25) is 0 Å². The van der Waals surface area contributed by atoms with Gasteiger partial charge in [0.1, 0.15) is 5.82 Å². The molecule has 0 saturated carbocycles. The van der Waals surface area contributed by atoms with E-state index in [2.05, 4.69) is 5.10 Å². The molecule has 18 heavy (non-hydrogen) atoms. The van der Waals surface area contributed by atoms with Gasteiger partial charge in [-0.25, -0.2) is 9.07 Å². The van der Waals surface area contributed by atoms with Crippen LogP contribution in [0.1, 0.15) is 17.7 Å². The zero-order valence-corrected chi connectivity index (χ0v) is 10.9. The average molecular weight is 286 g/mol. The molecule has 0 atom stereocenters. The Morgan fingerprint density at radius 1 is 1.22 bits per heavy atom. The molecule has 1 aromatic heterocycles. The third-order valence-corrected chi connectivity index (χ3v) is 3.72. The SMILES string of the molecule is Nc1nn(-c2cc(Cl)c(F)c(Cl)c2)c2c1CCC2. The maximum absolute atomic E-state index is 13.4. The number of fused-ring (bicyclic) bond motifs is 1. The number of aromatic nitrogens is 2. The van der Waals surface area contributed by atoms with Crippen molar-refractivity contribution >= 4 is 29.0 Å². The summed E-state index contributed by atoms with van der Waals surface area (Å²) in [6.45, 7) is 0. The average Bonchev–Trinajstić information content (AvgIpc) is 2.90. The maximum atomic E-state index is 13.4. The topological polar surface area (TPSA) is 43.8 Å². The van der Waals surface area contributed by atoms with Gasteiger partial charge in [-0.05, 0) is 31.4 Å². The van der Waals surface area contributed by atoms with E-state index in [4.69, 9.17) is 28.9 Å². The highest BCUT2D eigenvalue weighted by atomic mass is 35.5. The van der Waals surface area contributed by atoms with E-state index in [0.29, 0.717) is 11.5 Å². The molecule has 0 bridgehead atoms. The van der Waals surface area contributed by atoms with Crippen LogP contribution in [0.3, 0.4) is 0 Å². The molecule has 0 fully saturated rings. The minimum atomic E-state index is -0.612. The molecule has 0 amide bonds. The van der Waals surface area contributed by atoms with Crippen LogP contribution in [0.15, 0.2) is 12.1 Å². The molecule has 0 aliphatic heterocycles. The van der Waals surface area contributed by atoms with Gasteiger partial charge in [0.25, 0.3) is 0 Å². The molecule has 3 rings (SSSR count). The van der Waals surface area contributed by atoms with Crippen molar-refractivity contribution in [2.75, 3.05) is 5.73 Å². The van der Waals surface area contributed by atoms with Gasteiger partial charge in [0.15, 0.2) is 5.82 Å². The molecular formula is C12H10Cl2FN3. The van der Waals surface area contributed by atoms with Crippen molar-refractivity contribution in [3.05, 3.63) is 39.3 Å². The van der Waals surface area contributed by atoms with Crippen molar-refractivity contribution in [1.82, 2.24) is 9.78 Å². The zero-order valence-electron chi connectivity index (χ0n) is 9.38. The summed E-state index contributed by atoms with van der Waals surface area (Å²) in [5.41, 5.74) is 8.64. The minimum absolute atomic E-state index is 0.0154. The number of rotatable bonds is 1. The Balaban J connectivity index is 2.19. The highest BCUT2D eigenvalue weighted by Crippen LogP contribution is 2.32. The summed E-state index contributed by atoms with van der Waals surface area (Å²) in [4.78, 5) is 0. The fourth-order valence-electron chi connectivity index (χ4n) is 2.34. The summed E-state index contributed by atoms with van der Waals surface area (Å²) in [6, 6.07) is 3.02. The Morgan fingerprint density at radius 2 is 1.89 bits per heavy atom. The van der Waals surface area contributed by atoms with E-state index < -0.39 is 5.82 Å². The second-order valence-corrected chi connectivity index (χ2v) is 5.11. The van der Waals surface area contributed by atoms with Gasteiger partial charge in [-0.1, -0.05) is 23.2 Å². The number of nitrogen functional groups attached to an aromatic ring is 1. The van der Waals surface area contributed by atoms with E-state index in [1.54, 1.807) is 4.68 Å². The van der Waals surface area contributed by atoms with Crippen LogP contribution in [0, 0.1) is 5.82 Å². The maximum Gasteiger partial charge on any atom is 0.160 e. The van der Waals surface area contributed by atoms with E-state index in [1.807, 2.05) is 0 Å². The van der Waals surface area contributed by atoms with Crippen molar-refractivity contribution in [2.24, 2.45) is 0 Å². The van der Waals surface area contributed by atoms with Crippen LogP contribution in [-0.4, -0.2) is 9.78 Å². The molecule has 0 saturated heterocycles. The van der Waals surface area contributed by atoms with Crippen molar-refractivity contribution in [3.63, 3.8) is 0 Å². The number of anilines is 1. The monoisotopic (exact) mass is 285 g/mol. The number of benzene rings is 1. The summed E-state index contributed by atoms with van der Waals surface area (Å²) in [5.74, 6) is -0.0853. The van der Waals surface area contributed by atoms with Crippen LogP contribution in [0.4, 0.5) is 10.2 Å². The molecule has 1 aliphatic rings. The van der Waals surface area contributed by atoms with E-state index >= 15 is 0 Å². The first-order valence-electron chi connectivity index (χ1n) is 5.59. The highest BCUT2D eigenvalue weighted by Gasteiger charge is 2.22. The quantitative estimate of drug-likeness (QED) is 0.817. The third-order valence-electron chi connectivity index (χ3n) is 3.17. The Morgan fingerprint density at radius 3 is 2.56 bits per heavy atom. The van der Waals surface area contributed by atoms with Crippen LogP contribution >= 0.6 is 23.2 Å². The van der Waals surface area contributed by atoms with Crippen LogP contribution in [0.5, 0.6) is 0 Å². The highest BCUT2D eigenvalue weighted by molar-refractivity contribution is 6.35. The smallest absolute Gasteiger partial charge is 0.160 e. The predicted octanol–water partition coefficient (Wildman–Crippen LogP) is 3.39. The molecule has 0 spiro atoms. The Labute approximate surface area is 113 Å². The second-order valence-electron chi connectivity index (χ2n) is 4.30. The van der Waals surface area contributed by atoms with Crippen LogP contribution < -0.4 is 5.73 Å².